The van der Waals surface area contributed by atoms with Gasteiger partial charge in [-0.2, -0.15) is 4.72 Å². The van der Waals surface area contributed by atoms with Crippen molar-refractivity contribution in [2.24, 2.45) is 5.73 Å². The fourth-order valence-electron chi connectivity index (χ4n) is 2.45. The molecule has 0 spiro atoms. The van der Waals surface area contributed by atoms with Crippen LogP contribution in [0.3, 0.4) is 0 Å². The van der Waals surface area contributed by atoms with Gasteiger partial charge in [-0.3, -0.25) is 4.79 Å². The second-order valence-corrected chi connectivity index (χ2v) is 9.66. The van der Waals surface area contributed by atoms with E-state index in [2.05, 4.69) is 9.44 Å². The van der Waals surface area contributed by atoms with Crippen molar-refractivity contribution < 1.29 is 21.6 Å². The minimum atomic E-state index is -4.09. The third kappa shape index (κ3) is 4.72. The Kier molecular flexibility index (Phi) is 5.33. The molecule has 8 nitrogen and oxygen atoms in total. The number of sulfonamides is 2. The maximum absolute atomic E-state index is 12.6. The van der Waals surface area contributed by atoms with Gasteiger partial charge in [-0.25, -0.2) is 21.6 Å². The van der Waals surface area contributed by atoms with Crippen LogP contribution in [-0.4, -0.2) is 28.8 Å². The molecule has 2 aromatic rings. The van der Waals surface area contributed by atoms with Gasteiger partial charge in [0.2, 0.25) is 26.0 Å². The van der Waals surface area contributed by atoms with Gasteiger partial charge in [0.1, 0.15) is 6.04 Å². The van der Waals surface area contributed by atoms with Gasteiger partial charge < -0.3 is 5.73 Å². The van der Waals surface area contributed by atoms with Gasteiger partial charge in [0.15, 0.2) is 0 Å². The summed E-state index contributed by atoms with van der Waals surface area (Å²) < 4.78 is 54.3. The van der Waals surface area contributed by atoms with Crippen LogP contribution in [-0.2, 0) is 24.8 Å². The first-order valence-electron chi connectivity index (χ1n) is 8.18. The summed E-state index contributed by atoms with van der Waals surface area (Å²) in [4.78, 5) is 11.5. The lowest BCUT2D eigenvalue weighted by Gasteiger charge is -2.16. The summed E-state index contributed by atoms with van der Waals surface area (Å²) in [7, 11) is -7.77. The average molecular weight is 409 g/mol. The minimum absolute atomic E-state index is 0.0251. The van der Waals surface area contributed by atoms with E-state index in [1.807, 2.05) is 0 Å². The predicted molar refractivity (Wildman–Crippen MR) is 98.5 cm³/mol. The number of nitrogens with two attached hydrogens (primary N) is 1. The van der Waals surface area contributed by atoms with Crippen LogP contribution in [0.4, 0.5) is 0 Å². The monoisotopic (exact) mass is 409 g/mol. The molecule has 1 atom stereocenters. The summed E-state index contributed by atoms with van der Waals surface area (Å²) in [5.74, 6) is -0.849. The van der Waals surface area contributed by atoms with Crippen molar-refractivity contribution in [2.75, 3.05) is 0 Å². The Bertz CT molecular complexity index is 1030. The fourth-order valence-corrected chi connectivity index (χ4v) is 4.94. The summed E-state index contributed by atoms with van der Waals surface area (Å²) in [6, 6.07) is 11.7. The maximum atomic E-state index is 12.6. The molecule has 0 radical (unpaired) electrons. The van der Waals surface area contributed by atoms with Crippen molar-refractivity contribution in [3.05, 3.63) is 60.2 Å². The second-order valence-electron chi connectivity index (χ2n) is 6.23. The molecular formula is C17H19N3O5S2. The van der Waals surface area contributed by atoms with Crippen LogP contribution in [0.1, 0.15) is 24.4 Å². The molecule has 3 rings (SSSR count). The highest BCUT2D eigenvalue weighted by Crippen LogP contribution is 2.23. The van der Waals surface area contributed by atoms with Gasteiger partial charge in [-0.1, -0.05) is 30.3 Å². The molecule has 0 heterocycles. The molecule has 1 aliphatic rings. The number of rotatable bonds is 8. The molecule has 0 aromatic heterocycles. The molecule has 1 amide bonds. The first-order chi connectivity index (χ1) is 12.7. The number of hydrogen-bond donors (Lipinski definition) is 3. The summed E-state index contributed by atoms with van der Waals surface area (Å²) >= 11 is 0. The van der Waals surface area contributed by atoms with E-state index in [-0.39, 0.29) is 15.8 Å². The zero-order valence-electron chi connectivity index (χ0n) is 14.2. The van der Waals surface area contributed by atoms with Gasteiger partial charge in [0.05, 0.1) is 9.79 Å². The molecular weight excluding hydrogens is 390 g/mol. The Hall–Kier alpha value is -2.27. The molecule has 10 heteroatoms. The van der Waals surface area contributed by atoms with Gasteiger partial charge in [-0.05, 0) is 42.7 Å². The van der Waals surface area contributed by atoms with Crippen LogP contribution in [0.25, 0.3) is 0 Å². The molecule has 1 unspecified atom stereocenters. The van der Waals surface area contributed by atoms with Gasteiger partial charge in [0, 0.05) is 6.04 Å². The standard InChI is InChI=1S/C17H19N3O5S2/c18-17(21)16(12-4-2-1-3-5-12)20-27(24,25)15-10-8-14(9-11-15)26(22,23)19-13-6-7-13/h1-5,8-11,13,16,19-20H,6-7H2,(H2,18,21). The van der Waals surface area contributed by atoms with Gasteiger partial charge in [0.25, 0.3) is 0 Å². The van der Waals surface area contributed by atoms with E-state index in [1.165, 1.54) is 24.3 Å². The Morgan fingerprint density at radius 3 is 1.89 bits per heavy atom. The van der Waals surface area contributed by atoms with Crippen molar-refractivity contribution in [3.8, 4) is 0 Å². The van der Waals surface area contributed by atoms with Crippen molar-refractivity contribution in [3.63, 3.8) is 0 Å². The van der Waals surface area contributed by atoms with Crippen LogP contribution in [0.15, 0.2) is 64.4 Å². The first kappa shape index (κ1) is 19.5. The Morgan fingerprint density at radius 1 is 0.889 bits per heavy atom. The number of hydrogen-bond acceptors (Lipinski definition) is 5. The molecule has 1 aliphatic carbocycles. The first-order valence-corrected chi connectivity index (χ1v) is 11.1. The largest absolute Gasteiger partial charge is 0.368 e. The highest BCUT2D eigenvalue weighted by molar-refractivity contribution is 7.90. The van der Waals surface area contributed by atoms with E-state index < -0.39 is 32.0 Å². The van der Waals surface area contributed by atoms with E-state index >= 15 is 0 Å². The molecule has 0 bridgehead atoms. The van der Waals surface area contributed by atoms with E-state index in [0.29, 0.717) is 5.56 Å². The molecule has 0 aliphatic heterocycles. The third-order valence-corrected chi connectivity index (χ3v) is 7.01. The minimum Gasteiger partial charge on any atom is -0.368 e. The van der Waals surface area contributed by atoms with Crippen molar-refractivity contribution in [1.29, 1.82) is 0 Å². The van der Waals surface area contributed by atoms with Crippen LogP contribution >= 0.6 is 0 Å². The highest BCUT2D eigenvalue weighted by atomic mass is 32.2. The third-order valence-electron chi connectivity index (χ3n) is 4.03. The summed E-state index contributed by atoms with van der Waals surface area (Å²) in [5.41, 5.74) is 5.74. The van der Waals surface area contributed by atoms with E-state index in [9.17, 15) is 21.6 Å². The lowest BCUT2D eigenvalue weighted by atomic mass is 10.1. The van der Waals surface area contributed by atoms with Crippen molar-refractivity contribution >= 4 is 26.0 Å². The van der Waals surface area contributed by atoms with Crippen LogP contribution in [0.5, 0.6) is 0 Å². The van der Waals surface area contributed by atoms with Gasteiger partial charge in [-0.15, -0.1) is 0 Å². The molecule has 1 saturated carbocycles. The molecule has 2 aromatic carbocycles. The Balaban J connectivity index is 1.82. The second kappa shape index (κ2) is 7.39. The summed E-state index contributed by atoms with van der Waals surface area (Å²) in [5, 5.41) is 0. The van der Waals surface area contributed by atoms with Crippen molar-refractivity contribution in [2.45, 2.75) is 34.7 Å². The molecule has 0 saturated heterocycles. The topological polar surface area (TPSA) is 135 Å². The maximum Gasteiger partial charge on any atom is 0.241 e. The van der Waals surface area contributed by atoms with Crippen LogP contribution < -0.4 is 15.2 Å². The van der Waals surface area contributed by atoms with Crippen LogP contribution in [0, 0.1) is 0 Å². The predicted octanol–water partition coefficient (Wildman–Crippen LogP) is 0.632. The lowest BCUT2D eigenvalue weighted by molar-refractivity contribution is -0.119. The fraction of sp³-hybridized carbons (Fsp3) is 0.235. The number of nitrogens with one attached hydrogen (secondary N) is 2. The smallest absolute Gasteiger partial charge is 0.241 e. The summed E-state index contributed by atoms with van der Waals surface area (Å²) in [6.07, 6.45) is 1.59. The number of carbonyl (C=O) groups is 1. The SMILES string of the molecule is NC(=O)C(NS(=O)(=O)c1ccc(S(=O)(=O)NC2CC2)cc1)c1ccccc1. The Labute approximate surface area is 157 Å². The average Bonchev–Trinajstić information content (AvgIpc) is 3.44. The zero-order valence-corrected chi connectivity index (χ0v) is 15.8. The molecule has 27 heavy (non-hydrogen) atoms. The number of primary amides is 1. The normalized spacial score (nSPS) is 16.0. The number of carbonyl (C=O) groups excluding carboxylic acids is 1. The van der Waals surface area contributed by atoms with Crippen molar-refractivity contribution in [1.82, 2.24) is 9.44 Å². The van der Waals surface area contributed by atoms with E-state index in [0.717, 1.165) is 12.8 Å². The molecule has 4 N–H and O–H groups in total. The Morgan fingerprint density at radius 2 is 1.41 bits per heavy atom. The number of benzene rings is 2. The van der Waals surface area contributed by atoms with Crippen LogP contribution in [0.2, 0.25) is 0 Å². The molecule has 1 fully saturated rings. The summed E-state index contributed by atoms with van der Waals surface area (Å²) in [6.45, 7) is 0. The van der Waals surface area contributed by atoms with E-state index in [4.69, 9.17) is 5.73 Å². The van der Waals surface area contributed by atoms with Gasteiger partial charge >= 0.3 is 0 Å². The highest BCUT2D eigenvalue weighted by Gasteiger charge is 2.29. The zero-order chi connectivity index (χ0) is 19.7. The molecule has 144 valence electrons. The number of amides is 1. The lowest BCUT2D eigenvalue weighted by Crippen LogP contribution is -2.37. The van der Waals surface area contributed by atoms with E-state index in [1.54, 1.807) is 30.3 Å². The quantitative estimate of drug-likeness (QED) is 0.588.